The molecule has 0 spiro atoms. The number of fused-ring (bicyclic) bond motifs is 4. The molecule has 5 aromatic heterocycles. The molecule has 201 valence electrons. The van der Waals surface area contributed by atoms with E-state index in [2.05, 4.69) is 90.5 Å². The van der Waals surface area contributed by atoms with Crippen molar-refractivity contribution in [1.82, 2.24) is 15.0 Å². The number of aromatic nitrogens is 3. The molecule has 0 atom stereocenters. The molecule has 2 aromatic carbocycles. The first-order chi connectivity index (χ1) is 18.9. The number of furan rings is 1. The van der Waals surface area contributed by atoms with Crippen molar-refractivity contribution in [1.29, 1.82) is 0 Å². The van der Waals surface area contributed by atoms with Gasteiger partial charge in [0.2, 0.25) is 5.71 Å². The fourth-order valence-corrected chi connectivity index (χ4v) is 5.64. The molecule has 0 saturated carbocycles. The Morgan fingerprint density at radius 1 is 0.800 bits per heavy atom. The maximum Gasteiger partial charge on any atom is 0.216 e. The molecule has 40 heavy (non-hydrogen) atoms. The molecule has 0 amide bonds. The molecule has 7 rings (SSSR count). The van der Waals surface area contributed by atoms with Crippen LogP contribution in [0.1, 0.15) is 27.9 Å². The van der Waals surface area contributed by atoms with Gasteiger partial charge >= 0.3 is 0 Å². The third-order valence-corrected chi connectivity index (χ3v) is 8.09. The van der Waals surface area contributed by atoms with Crippen molar-refractivity contribution in [2.24, 2.45) is 0 Å². The number of benzene rings is 2. The second-order valence-corrected chi connectivity index (χ2v) is 10.8. The van der Waals surface area contributed by atoms with Crippen LogP contribution in [0.2, 0.25) is 0 Å². The van der Waals surface area contributed by atoms with E-state index in [-0.39, 0.29) is 20.1 Å². The van der Waals surface area contributed by atoms with Crippen molar-refractivity contribution in [3.8, 4) is 22.5 Å². The van der Waals surface area contributed by atoms with E-state index in [4.69, 9.17) is 4.42 Å². The van der Waals surface area contributed by atoms with Crippen LogP contribution >= 0.6 is 11.3 Å². The van der Waals surface area contributed by atoms with Crippen molar-refractivity contribution in [3.63, 3.8) is 0 Å². The summed E-state index contributed by atoms with van der Waals surface area (Å²) in [5, 5.41) is 5.48. The van der Waals surface area contributed by atoms with E-state index in [9.17, 15) is 0 Å². The first kappa shape index (κ1) is 27.9. The average Bonchev–Trinajstić information content (AvgIpc) is 3.51. The summed E-state index contributed by atoms with van der Waals surface area (Å²) in [6.45, 7) is 10.3. The van der Waals surface area contributed by atoms with E-state index in [0.717, 1.165) is 44.6 Å². The normalized spacial score (nSPS) is 10.9. The summed E-state index contributed by atoms with van der Waals surface area (Å²) in [5.74, 6) is 0. The van der Waals surface area contributed by atoms with E-state index in [1.165, 1.54) is 32.3 Å². The van der Waals surface area contributed by atoms with E-state index in [1.54, 1.807) is 11.3 Å². The minimum absolute atomic E-state index is 0. The molecule has 0 fully saturated rings. The van der Waals surface area contributed by atoms with Gasteiger partial charge in [0.1, 0.15) is 0 Å². The van der Waals surface area contributed by atoms with Crippen molar-refractivity contribution >= 4 is 43.5 Å². The predicted molar refractivity (Wildman–Crippen MR) is 161 cm³/mol. The van der Waals surface area contributed by atoms with Crippen LogP contribution < -0.4 is 0 Å². The molecule has 0 unspecified atom stereocenters. The van der Waals surface area contributed by atoms with E-state index < -0.39 is 0 Å². The standard InChI is InChI=1S/C20H13N2OS.C14H14N.Ir/c1-11-10-24-19-13(11)8-9-21-17(19)16-5-3-4-14-15-7-6-12(2)22-20(15)23-18(14)16;1-10-4-6-13(7-5-10)14-8-11(2)12(3)9-15-14;/h3-4,6-10H,1-2H3;4-6,8-9H,1-3H3;/q2*-1;. The van der Waals surface area contributed by atoms with Crippen LogP contribution in [0.15, 0.2) is 76.8 Å². The molecule has 0 saturated heterocycles. The summed E-state index contributed by atoms with van der Waals surface area (Å²) >= 11 is 1.71. The molecule has 5 heterocycles. The zero-order valence-corrected chi connectivity index (χ0v) is 26.1. The van der Waals surface area contributed by atoms with Crippen molar-refractivity contribution in [3.05, 3.63) is 112 Å². The van der Waals surface area contributed by atoms with Gasteiger partial charge in [-0.2, -0.15) is 11.3 Å². The number of rotatable bonds is 2. The van der Waals surface area contributed by atoms with Crippen molar-refractivity contribution in [2.45, 2.75) is 34.6 Å². The van der Waals surface area contributed by atoms with Gasteiger partial charge in [-0.1, -0.05) is 29.5 Å². The number of nitrogens with zero attached hydrogens (tertiary/aromatic N) is 3. The Labute approximate surface area is 251 Å². The summed E-state index contributed by atoms with van der Waals surface area (Å²) < 4.78 is 7.27. The van der Waals surface area contributed by atoms with Crippen LogP contribution in [0.3, 0.4) is 0 Å². The maximum absolute atomic E-state index is 6.10. The van der Waals surface area contributed by atoms with Gasteiger partial charge in [0.15, 0.2) is 0 Å². The summed E-state index contributed by atoms with van der Waals surface area (Å²) in [4.78, 5) is 13.6. The van der Waals surface area contributed by atoms with Gasteiger partial charge in [-0.3, -0.25) is 0 Å². The Morgan fingerprint density at radius 3 is 2.42 bits per heavy atom. The van der Waals surface area contributed by atoms with E-state index in [0.29, 0.717) is 5.71 Å². The third-order valence-electron chi connectivity index (χ3n) is 6.97. The molecule has 0 bridgehead atoms. The van der Waals surface area contributed by atoms with Crippen LogP contribution in [0, 0.1) is 46.8 Å². The molecular formula is C34H27IrN3OS-2. The first-order valence-electron chi connectivity index (χ1n) is 12.8. The second kappa shape index (κ2) is 11.4. The largest absolute Gasteiger partial charge is 0.486 e. The topological polar surface area (TPSA) is 51.8 Å². The molecule has 6 heteroatoms. The smallest absolute Gasteiger partial charge is 0.216 e. The maximum atomic E-state index is 6.10. The predicted octanol–water partition coefficient (Wildman–Crippen LogP) is 9.15. The fraction of sp³-hybridized carbons (Fsp3) is 0.147. The zero-order valence-electron chi connectivity index (χ0n) is 22.9. The first-order valence-corrected chi connectivity index (χ1v) is 13.7. The zero-order chi connectivity index (χ0) is 27.1. The Kier molecular flexibility index (Phi) is 7.95. The Balaban J connectivity index is 0.000000175. The van der Waals surface area contributed by atoms with Gasteiger partial charge in [0.05, 0.1) is 5.58 Å². The fourth-order valence-electron chi connectivity index (χ4n) is 4.59. The number of hydrogen-bond donors (Lipinski definition) is 0. The van der Waals surface area contributed by atoms with Crippen molar-refractivity contribution < 1.29 is 24.5 Å². The Bertz CT molecular complexity index is 1970. The average molecular weight is 718 g/mol. The van der Waals surface area contributed by atoms with Gasteiger partial charge in [-0.15, -0.1) is 53.6 Å². The summed E-state index contributed by atoms with van der Waals surface area (Å²) in [5.41, 5.74) is 11.3. The van der Waals surface area contributed by atoms with Gasteiger partial charge in [0, 0.05) is 54.0 Å². The van der Waals surface area contributed by atoms with Crippen molar-refractivity contribution in [2.75, 3.05) is 0 Å². The number of thiophene rings is 1. The molecule has 0 aliphatic heterocycles. The molecule has 0 N–H and O–H groups in total. The van der Waals surface area contributed by atoms with Crippen LogP contribution in [-0.4, -0.2) is 15.0 Å². The summed E-state index contributed by atoms with van der Waals surface area (Å²) in [7, 11) is 0. The number of aryl methyl sites for hydroxylation is 5. The van der Waals surface area contributed by atoms with Gasteiger partial charge in [0.25, 0.3) is 0 Å². The van der Waals surface area contributed by atoms with E-state index >= 15 is 0 Å². The van der Waals surface area contributed by atoms with Gasteiger partial charge < -0.3 is 14.4 Å². The molecule has 7 aromatic rings. The Morgan fingerprint density at radius 2 is 1.65 bits per heavy atom. The van der Waals surface area contributed by atoms with Crippen LogP contribution in [-0.2, 0) is 20.1 Å². The molecule has 1 radical (unpaired) electrons. The summed E-state index contributed by atoms with van der Waals surface area (Å²) in [6, 6.07) is 24.9. The second-order valence-electron chi connectivity index (χ2n) is 9.89. The minimum Gasteiger partial charge on any atom is -0.486 e. The van der Waals surface area contributed by atoms with Crippen LogP contribution in [0.25, 0.3) is 54.7 Å². The third kappa shape index (κ3) is 5.23. The molecular weight excluding hydrogens is 691 g/mol. The number of pyridine rings is 3. The monoisotopic (exact) mass is 718 g/mol. The van der Waals surface area contributed by atoms with E-state index in [1.807, 2.05) is 43.6 Å². The van der Waals surface area contributed by atoms with Crippen LogP contribution in [0.5, 0.6) is 0 Å². The summed E-state index contributed by atoms with van der Waals surface area (Å²) in [6.07, 6.45) is 3.77. The minimum atomic E-state index is 0. The SMILES string of the molecule is Cc1c[c-]c(-c2cc(C)c(C)cn2)cc1.Cc1ccc2c(n1)oc1c(-c3nccc4c(C)csc34)[c-]ccc12.[Ir]. The Hall–Kier alpha value is -3.70. The molecule has 0 aliphatic carbocycles. The van der Waals surface area contributed by atoms with Gasteiger partial charge in [-0.25, -0.2) is 4.98 Å². The number of hydrogen-bond acceptors (Lipinski definition) is 5. The molecule has 4 nitrogen and oxygen atoms in total. The van der Waals surface area contributed by atoms with Gasteiger partial charge in [-0.05, 0) is 73.5 Å². The molecule has 0 aliphatic rings. The quantitative estimate of drug-likeness (QED) is 0.168. The van der Waals surface area contributed by atoms with Crippen LogP contribution in [0.4, 0.5) is 0 Å².